The van der Waals surface area contributed by atoms with Crippen molar-refractivity contribution in [2.24, 2.45) is 0 Å². The highest BCUT2D eigenvalue weighted by molar-refractivity contribution is 6.30. The fraction of sp³-hybridized carbons (Fsp3) is 0.273. The molecule has 2 aromatic rings. The molecule has 0 radical (unpaired) electrons. The van der Waals surface area contributed by atoms with Crippen molar-refractivity contribution >= 4 is 29.5 Å². The standard InChI is InChI=1S/C22H23ClF2N2O4/c1-3-27(14-19(28)26-13-15-7-10-17(23)11-8-15)20(29)12-9-16-5-4-6-18(30-2)21(16)31-22(24)25/h4-12,22H,3,13-14H2,1-2H3,(H,26,28)/b12-9+. The number of para-hydroxylation sites is 1. The molecule has 2 amide bonds. The van der Waals surface area contributed by atoms with E-state index in [1.807, 2.05) is 0 Å². The topological polar surface area (TPSA) is 67.9 Å². The smallest absolute Gasteiger partial charge is 0.387 e. The Hall–Kier alpha value is -3.13. The molecule has 0 bridgehead atoms. The number of benzene rings is 2. The summed E-state index contributed by atoms with van der Waals surface area (Å²) in [5.74, 6) is -0.840. The summed E-state index contributed by atoms with van der Waals surface area (Å²) < 4.78 is 35.0. The van der Waals surface area contributed by atoms with Crippen molar-refractivity contribution in [3.8, 4) is 11.5 Å². The van der Waals surface area contributed by atoms with Gasteiger partial charge in [-0.2, -0.15) is 8.78 Å². The van der Waals surface area contributed by atoms with Crippen LogP contribution in [0.25, 0.3) is 6.08 Å². The first kappa shape index (κ1) is 24.1. The summed E-state index contributed by atoms with van der Waals surface area (Å²) in [6.07, 6.45) is 2.54. The number of amides is 2. The summed E-state index contributed by atoms with van der Waals surface area (Å²) in [5, 5.41) is 3.34. The maximum Gasteiger partial charge on any atom is 0.387 e. The molecule has 0 unspecified atom stereocenters. The number of halogens is 3. The Morgan fingerprint density at radius 3 is 2.52 bits per heavy atom. The van der Waals surface area contributed by atoms with Crippen molar-refractivity contribution in [3.63, 3.8) is 0 Å². The van der Waals surface area contributed by atoms with Crippen LogP contribution in [0.1, 0.15) is 18.1 Å². The van der Waals surface area contributed by atoms with Gasteiger partial charge in [-0.15, -0.1) is 0 Å². The maximum atomic E-state index is 12.7. The minimum Gasteiger partial charge on any atom is -0.493 e. The molecule has 0 atom stereocenters. The minimum absolute atomic E-state index is 0.115. The molecule has 0 saturated carbocycles. The molecular weight excluding hydrogens is 430 g/mol. The molecule has 6 nitrogen and oxygen atoms in total. The Morgan fingerprint density at radius 2 is 1.90 bits per heavy atom. The SMILES string of the molecule is CCN(CC(=O)NCc1ccc(Cl)cc1)C(=O)/C=C/c1cccc(OC)c1OC(F)F. The van der Waals surface area contributed by atoms with Gasteiger partial charge in [-0.05, 0) is 36.8 Å². The zero-order valence-corrected chi connectivity index (χ0v) is 17.9. The average Bonchev–Trinajstić information content (AvgIpc) is 2.75. The van der Waals surface area contributed by atoms with Crippen molar-refractivity contribution in [3.05, 3.63) is 64.7 Å². The van der Waals surface area contributed by atoms with E-state index in [4.69, 9.17) is 16.3 Å². The Morgan fingerprint density at radius 1 is 1.19 bits per heavy atom. The Balaban J connectivity index is 2.01. The lowest BCUT2D eigenvalue weighted by atomic mass is 10.1. The van der Waals surface area contributed by atoms with Crippen molar-refractivity contribution in [1.29, 1.82) is 0 Å². The molecule has 0 saturated heterocycles. The fourth-order valence-corrected chi connectivity index (χ4v) is 2.81. The number of carbonyl (C=O) groups is 2. The Kier molecular flexibility index (Phi) is 9.27. The molecule has 166 valence electrons. The van der Waals surface area contributed by atoms with Crippen molar-refractivity contribution < 1.29 is 27.8 Å². The van der Waals surface area contributed by atoms with Gasteiger partial charge in [0.25, 0.3) is 0 Å². The van der Waals surface area contributed by atoms with E-state index in [1.165, 1.54) is 36.3 Å². The average molecular weight is 453 g/mol. The molecule has 0 aliphatic rings. The van der Waals surface area contributed by atoms with Gasteiger partial charge in [0.15, 0.2) is 11.5 Å². The third kappa shape index (κ3) is 7.57. The summed E-state index contributed by atoms with van der Waals surface area (Å²) in [4.78, 5) is 26.0. The van der Waals surface area contributed by atoms with E-state index in [1.54, 1.807) is 37.3 Å². The van der Waals surface area contributed by atoms with Crippen LogP contribution in [0.3, 0.4) is 0 Å². The number of nitrogens with zero attached hydrogens (tertiary/aromatic N) is 1. The Labute approximate surface area is 184 Å². The molecule has 0 heterocycles. The fourth-order valence-electron chi connectivity index (χ4n) is 2.68. The highest BCUT2D eigenvalue weighted by Gasteiger charge is 2.16. The van der Waals surface area contributed by atoms with Gasteiger partial charge < -0.3 is 19.7 Å². The highest BCUT2D eigenvalue weighted by atomic mass is 35.5. The number of likely N-dealkylation sites (N-methyl/N-ethyl adjacent to an activating group) is 1. The largest absolute Gasteiger partial charge is 0.493 e. The second-order valence-corrected chi connectivity index (χ2v) is 6.78. The number of methoxy groups -OCH3 is 1. The molecule has 2 aromatic carbocycles. The van der Waals surface area contributed by atoms with Gasteiger partial charge in [0.2, 0.25) is 11.8 Å². The van der Waals surface area contributed by atoms with Gasteiger partial charge in [0.1, 0.15) is 0 Å². The van der Waals surface area contributed by atoms with E-state index in [0.29, 0.717) is 11.6 Å². The first-order chi connectivity index (χ1) is 14.8. The van der Waals surface area contributed by atoms with Crippen LogP contribution < -0.4 is 14.8 Å². The van der Waals surface area contributed by atoms with Gasteiger partial charge in [-0.1, -0.05) is 35.9 Å². The third-order valence-corrected chi connectivity index (χ3v) is 4.52. The number of rotatable bonds is 10. The summed E-state index contributed by atoms with van der Waals surface area (Å²) in [5.41, 5.74) is 1.12. The van der Waals surface area contributed by atoms with Crippen LogP contribution in [0.5, 0.6) is 11.5 Å². The van der Waals surface area contributed by atoms with Crippen molar-refractivity contribution in [2.45, 2.75) is 20.1 Å². The van der Waals surface area contributed by atoms with Gasteiger partial charge in [0, 0.05) is 29.8 Å². The van der Waals surface area contributed by atoms with Gasteiger partial charge in [-0.3, -0.25) is 9.59 Å². The van der Waals surface area contributed by atoms with Crippen molar-refractivity contribution in [1.82, 2.24) is 10.2 Å². The molecule has 0 aliphatic carbocycles. The lowest BCUT2D eigenvalue weighted by molar-refractivity contribution is -0.132. The minimum atomic E-state index is -3.05. The molecule has 0 aromatic heterocycles. The van der Waals surface area contributed by atoms with Crippen LogP contribution in [-0.2, 0) is 16.1 Å². The monoisotopic (exact) mass is 452 g/mol. The third-order valence-electron chi connectivity index (χ3n) is 4.27. The van der Waals surface area contributed by atoms with Gasteiger partial charge >= 0.3 is 6.61 Å². The van der Waals surface area contributed by atoms with Crippen LogP contribution in [-0.4, -0.2) is 43.5 Å². The molecule has 0 fully saturated rings. The lowest BCUT2D eigenvalue weighted by Crippen LogP contribution is -2.39. The maximum absolute atomic E-state index is 12.7. The molecule has 9 heteroatoms. The van der Waals surface area contributed by atoms with E-state index >= 15 is 0 Å². The highest BCUT2D eigenvalue weighted by Crippen LogP contribution is 2.33. The predicted molar refractivity (Wildman–Crippen MR) is 114 cm³/mol. The van der Waals surface area contributed by atoms with Crippen molar-refractivity contribution in [2.75, 3.05) is 20.2 Å². The van der Waals surface area contributed by atoms with Crippen LogP contribution in [0.2, 0.25) is 5.02 Å². The zero-order valence-electron chi connectivity index (χ0n) is 17.1. The molecular formula is C22H23ClF2N2O4. The zero-order chi connectivity index (χ0) is 22.8. The lowest BCUT2D eigenvalue weighted by Gasteiger charge is -2.19. The van der Waals surface area contributed by atoms with Gasteiger partial charge in [-0.25, -0.2) is 0 Å². The number of ether oxygens (including phenoxy) is 2. The summed E-state index contributed by atoms with van der Waals surface area (Å²) in [6.45, 7) is -0.872. The number of nitrogens with one attached hydrogen (secondary N) is 1. The van der Waals surface area contributed by atoms with Crippen LogP contribution in [0.15, 0.2) is 48.5 Å². The Bertz CT molecular complexity index is 920. The normalized spacial score (nSPS) is 10.9. The van der Waals surface area contributed by atoms with E-state index in [2.05, 4.69) is 10.1 Å². The molecule has 0 spiro atoms. The van der Waals surface area contributed by atoms with Gasteiger partial charge in [0.05, 0.1) is 13.7 Å². The van der Waals surface area contributed by atoms with E-state index in [9.17, 15) is 18.4 Å². The quantitative estimate of drug-likeness (QED) is 0.550. The second-order valence-electron chi connectivity index (χ2n) is 6.35. The first-order valence-electron chi connectivity index (χ1n) is 9.44. The molecule has 1 N–H and O–H groups in total. The van der Waals surface area contributed by atoms with E-state index in [-0.39, 0.29) is 36.1 Å². The number of hydrogen-bond donors (Lipinski definition) is 1. The molecule has 0 aliphatic heterocycles. The predicted octanol–water partition coefficient (Wildman–Crippen LogP) is 4.13. The first-order valence-corrected chi connectivity index (χ1v) is 9.81. The summed E-state index contributed by atoms with van der Waals surface area (Å²) in [7, 11) is 1.33. The summed E-state index contributed by atoms with van der Waals surface area (Å²) in [6, 6.07) is 11.6. The second kappa shape index (κ2) is 11.9. The van der Waals surface area contributed by atoms with Crippen LogP contribution in [0, 0.1) is 0 Å². The molecule has 2 rings (SSSR count). The number of alkyl halides is 2. The summed E-state index contributed by atoms with van der Waals surface area (Å²) >= 11 is 5.83. The van der Waals surface area contributed by atoms with Crippen LogP contribution >= 0.6 is 11.6 Å². The molecule has 31 heavy (non-hydrogen) atoms. The van der Waals surface area contributed by atoms with E-state index < -0.39 is 12.5 Å². The number of carbonyl (C=O) groups excluding carboxylic acids is 2. The van der Waals surface area contributed by atoms with E-state index in [0.717, 1.165) is 5.56 Å². The number of hydrogen-bond acceptors (Lipinski definition) is 4. The van der Waals surface area contributed by atoms with Crippen LogP contribution in [0.4, 0.5) is 8.78 Å².